The quantitative estimate of drug-likeness (QED) is 0.0816. The zero-order chi connectivity index (χ0) is 34.0. The van der Waals surface area contributed by atoms with Crippen LogP contribution in [0, 0.1) is 5.41 Å². The third kappa shape index (κ3) is 8.69. The molecule has 0 unspecified atom stereocenters. The van der Waals surface area contributed by atoms with Crippen LogP contribution in [0.3, 0.4) is 0 Å². The summed E-state index contributed by atoms with van der Waals surface area (Å²) in [5.41, 5.74) is 20.6. The van der Waals surface area contributed by atoms with E-state index < -0.39 is 0 Å². The fourth-order valence-corrected chi connectivity index (χ4v) is 6.30. The second-order valence-corrected chi connectivity index (χ2v) is 12.6. The number of aromatic nitrogens is 2. The normalized spacial score (nSPS) is 11.1. The molecule has 5 aromatic carbocycles. The largest absolute Gasteiger partial charge is 0.384 e. The van der Waals surface area contributed by atoms with E-state index in [9.17, 15) is 4.79 Å². The number of nitrogens with one attached hydrogen (secondary N) is 1. The van der Waals surface area contributed by atoms with Gasteiger partial charge in [0.05, 0.1) is 11.0 Å². The zero-order valence-electron chi connectivity index (χ0n) is 27.9. The Morgan fingerprint density at radius 1 is 0.673 bits per heavy atom. The van der Waals surface area contributed by atoms with E-state index in [2.05, 4.69) is 71.3 Å². The van der Waals surface area contributed by atoms with Crippen LogP contribution in [0.1, 0.15) is 56.0 Å². The maximum absolute atomic E-state index is 14.2. The summed E-state index contributed by atoms with van der Waals surface area (Å²) in [5.74, 6) is 1.06. The Morgan fingerprint density at radius 3 is 1.92 bits per heavy atom. The highest BCUT2D eigenvalue weighted by atomic mass is 16.2. The third-order valence-electron chi connectivity index (χ3n) is 9.10. The Kier molecular flexibility index (Phi) is 10.9. The number of carbonyl (C=O) groups is 1. The minimum atomic E-state index is 0.00353. The average Bonchev–Trinajstić information content (AvgIpc) is 3.50. The molecule has 0 aliphatic carbocycles. The lowest BCUT2D eigenvalue weighted by molar-refractivity contribution is 0.0741. The van der Waals surface area contributed by atoms with Gasteiger partial charge in [0.1, 0.15) is 11.7 Å². The predicted molar refractivity (Wildman–Crippen MR) is 199 cm³/mol. The number of imidazole rings is 1. The molecule has 0 aliphatic rings. The molecule has 7 heteroatoms. The second-order valence-electron chi connectivity index (χ2n) is 12.6. The zero-order valence-corrected chi connectivity index (χ0v) is 27.9. The molecule has 49 heavy (non-hydrogen) atoms. The molecule has 0 saturated heterocycles. The van der Waals surface area contributed by atoms with E-state index in [1.54, 1.807) is 0 Å². The third-order valence-corrected chi connectivity index (χ3v) is 9.10. The number of nitrogens with zero attached hydrogens (tertiary/aromatic N) is 3. The van der Waals surface area contributed by atoms with E-state index in [0.717, 1.165) is 77.8 Å². The molecule has 248 valence electrons. The Morgan fingerprint density at radius 2 is 1.27 bits per heavy atom. The van der Waals surface area contributed by atoms with Crippen LogP contribution >= 0.6 is 0 Å². The first-order valence-corrected chi connectivity index (χ1v) is 17.0. The van der Waals surface area contributed by atoms with Gasteiger partial charge in [-0.05, 0) is 71.7 Å². The van der Waals surface area contributed by atoms with Gasteiger partial charge in [-0.15, -0.1) is 0 Å². The Hall–Kier alpha value is -5.53. The van der Waals surface area contributed by atoms with Gasteiger partial charge in [-0.1, -0.05) is 109 Å². The van der Waals surface area contributed by atoms with Crippen molar-refractivity contribution < 1.29 is 4.79 Å². The van der Waals surface area contributed by atoms with Gasteiger partial charge in [0, 0.05) is 43.7 Å². The maximum Gasteiger partial charge on any atom is 0.254 e. The van der Waals surface area contributed by atoms with E-state index in [1.165, 1.54) is 11.1 Å². The fourth-order valence-electron chi connectivity index (χ4n) is 6.30. The monoisotopic (exact) mass is 648 g/mol. The van der Waals surface area contributed by atoms with Crippen LogP contribution in [0.5, 0.6) is 0 Å². The van der Waals surface area contributed by atoms with Crippen molar-refractivity contribution in [1.82, 2.24) is 14.5 Å². The van der Waals surface area contributed by atoms with Crippen LogP contribution in [0.15, 0.2) is 127 Å². The molecule has 0 radical (unpaired) electrons. The van der Waals surface area contributed by atoms with Gasteiger partial charge in [-0.3, -0.25) is 10.2 Å². The van der Waals surface area contributed by atoms with Gasteiger partial charge >= 0.3 is 0 Å². The fraction of sp³-hybridized carbons (Fsp3) is 0.214. The summed E-state index contributed by atoms with van der Waals surface area (Å²) in [4.78, 5) is 21.3. The molecule has 1 amide bonds. The lowest BCUT2D eigenvalue weighted by atomic mass is 10.1. The summed E-state index contributed by atoms with van der Waals surface area (Å²) in [5, 5.41) is 7.70. The molecule has 0 fully saturated rings. The van der Waals surface area contributed by atoms with Crippen molar-refractivity contribution in [1.29, 1.82) is 5.41 Å². The molecule has 6 rings (SSSR count). The van der Waals surface area contributed by atoms with Gasteiger partial charge in [0.2, 0.25) is 0 Å². The van der Waals surface area contributed by atoms with Crippen molar-refractivity contribution in [2.24, 2.45) is 11.5 Å². The molecular formula is C42H44N6O. The standard InChI is InChI=1S/C42H44N6O/c43-29-34-13-15-35(16-14-34)30-47(26-7-12-31-8-3-1-4-9-31)42(49)37-22-23-39-38(28-37)46-40(48(39)27-25-32-10-5-2-6-11-32)24-19-33-17-20-36(21-18-33)41(44)45/h1-6,8-11,13-18,20-23,28H,7,12,19,24-27,29-30,43H2,(H3,44,45). The number of nitrogen functional groups attached to an aromatic ring is 1. The number of carbonyl (C=O) groups excluding carboxylic acids is 1. The molecule has 7 nitrogen and oxygen atoms in total. The van der Waals surface area contributed by atoms with Crippen LogP contribution in [-0.2, 0) is 45.3 Å². The molecular weight excluding hydrogens is 605 g/mol. The Labute approximate surface area is 288 Å². The molecule has 5 N–H and O–H groups in total. The number of hydrogen-bond acceptors (Lipinski definition) is 4. The number of aryl methyl sites for hydroxylation is 5. The topological polar surface area (TPSA) is 114 Å². The van der Waals surface area contributed by atoms with Crippen molar-refractivity contribution in [3.63, 3.8) is 0 Å². The average molecular weight is 649 g/mol. The number of amidine groups is 1. The van der Waals surface area contributed by atoms with E-state index in [0.29, 0.717) is 25.2 Å². The summed E-state index contributed by atoms with van der Waals surface area (Å²) >= 11 is 0. The predicted octanol–water partition coefficient (Wildman–Crippen LogP) is 7.08. The Balaban J connectivity index is 1.26. The van der Waals surface area contributed by atoms with Gasteiger partial charge in [0.25, 0.3) is 5.91 Å². The highest BCUT2D eigenvalue weighted by Crippen LogP contribution is 2.23. The van der Waals surface area contributed by atoms with E-state index in [1.807, 2.05) is 65.6 Å². The Bertz CT molecular complexity index is 1980. The van der Waals surface area contributed by atoms with E-state index in [-0.39, 0.29) is 11.7 Å². The molecule has 1 aromatic heterocycles. The first kappa shape index (κ1) is 33.4. The molecule has 0 aliphatic heterocycles. The minimum absolute atomic E-state index is 0.00353. The van der Waals surface area contributed by atoms with Crippen molar-refractivity contribution in [2.75, 3.05) is 6.54 Å². The summed E-state index contributed by atoms with van der Waals surface area (Å²) in [6.07, 6.45) is 4.20. The number of benzene rings is 5. The molecule has 6 aromatic rings. The van der Waals surface area contributed by atoms with Crippen LogP contribution in [0.2, 0.25) is 0 Å². The van der Waals surface area contributed by atoms with Crippen molar-refractivity contribution in [3.05, 3.63) is 172 Å². The SMILES string of the molecule is N=C(N)c1ccc(CCc2nc3cc(C(=O)N(CCCc4ccccc4)Cc4ccc(CN)cc4)ccc3n2CCc2ccccc2)cc1. The number of hydrogen-bond donors (Lipinski definition) is 3. The molecule has 1 heterocycles. The van der Waals surface area contributed by atoms with Crippen molar-refractivity contribution in [2.45, 2.75) is 51.7 Å². The summed E-state index contributed by atoms with van der Waals surface area (Å²) in [7, 11) is 0. The van der Waals surface area contributed by atoms with Crippen molar-refractivity contribution in [3.8, 4) is 0 Å². The number of amides is 1. The molecule has 0 bridgehead atoms. The summed E-state index contributed by atoms with van der Waals surface area (Å²) in [6.45, 7) is 2.45. The van der Waals surface area contributed by atoms with Gasteiger partial charge < -0.3 is 20.9 Å². The number of fused-ring (bicyclic) bond motifs is 1. The van der Waals surface area contributed by atoms with E-state index >= 15 is 0 Å². The second kappa shape index (κ2) is 16.0. The first-order chi connectivity index (χ1) is 24.0. The van der Waals surface area contributed by atoms with Crippen LogP contribution in [-0.4, -0.2) is 32.7 Å². The van der Waals surface area contributed by atoms with Crippen LogP contribution in [0.4, 0.5) is 0 Å². The van der Waals surface area contributed by atoms with Gasteiger partial charge in [-0.2, -0.15) is 0 Å². The summed E-state index contributed by atoms with van der Waals surface area (Å²) < 4.78 is 2.30. The molecule has 0 saturated carbocycles. The van der Waals surface area contributed by atoms with Gasteiger partial charge in [-0.25, -0.2) is 4.98 Å². The maximum atomic E-state index is 14.2. The summed E-state index contributed by atoms with van der Waals surface area (Å²) in [6, 6.07) is 42.9. The smallest absolute Gasteiger partial charge is 0.254 e. The highest BCUT2D eigenvalue weighted by molar-refractivity contribution is 5.97. The number of nitrogens with two attached hydrogens (primary N) is 2. The van der Waals surface area contributed by atoms with Crippen LogP contribution in [0.25, 0.3) is 11.0 Å². The minimum Gasteiger partial charge on any atom is -0.384 e. The van der Waals surface area contributed by atoms with E-state index in [4.69, 9.17) is 21.9 Å². The van der Waals surface area contributed by atoms with Crippen LogP contribution < -0.4 is 11.5 Å². The molecule has 0 atom stereocenters. The molecule has 0 spiro atoms. The highest BCUT2D eigenvalue weighted by Gasteiger charge is 2.19. The lowest BCUT2D eigenvalue weighted by Crippen LogP contribution is -2.31. The van der Waals surface area contributed by atoms with Crippen molar-refractivity contribution >= 4 is 22.8 Å². The lowest BCUT2D eigenvalue weighted by Gasteiger charge is -2.23. The van der Waals surface area contributed by atoms with Gasteiger partial charge in [0.15, 0.2) is 0 Å². The first-order valence-electron chi connectivity index (χ1n) is 17.0. The number of rotatable bonds is 15.